The van der Waals surface area contributed by atoms with Crippen molar-refractivity contribution in [2.45, 2.75) is 19.8 Å². The topological polar surface area (TPSA) is 52.3 Å². The molecular weight excluding hydrogens is 197 g/mol. The molecule has 0 fully saturated rings. The quantitative estimate of drug-likeness (QED) is 0.611. The number of nitrogen functional groups attached to an aromatic ring is 1. The Balaban J connectivity index is 2.58. The lowest BCUT2D eigenvalue weighted by atomic mass is 10.1. The normalized spacial score (nSPS) is 10.0. The summed E-state index contributed by atoms with van der Waals surface area (Å²) in [6.45, 7) is 2.10. The second kappa shape index (κ2) is 5.34. The van der Waals surface area contributed by atoms with Gasteiger partial charge in [0.2, 0.25) is 0 Å². The monoisotopic (exact) mass is 211 g/mol. The molecule has 0 aliphatic heterocycles. The van der Waals surface area contributed by atoms with E-state index >= 15 is 0 Å². The van der Waals surface area contributed by atoms with E-state index in [2.05, 4.69) is 0 Å². The molecule has 1 aromatic carbocycles. The largest absolute Gasteiger partial charge is 0.466 e. The molecular formula is C11H14FNO2. The van der Waals surface area contributed by atoms with Gasteiger partial charge in [-0.2, -0.15) is 0 Å². The summed E-state index contributed by atoms with van der Waals surface area (Å²) in [5.74, 6) is -0.738. The van der Waals surface area contributed by atoms with Gasteiger partial charge < -0.3 is 10.5 Å². The van der Waals surface area contributed by atoms with Gasteiger partial charge in [-0.3, -0.25) is 4.79 Å². The van der Waals surface area contributed by atoms with Crippen molar-refractivity contribution < 1.29 is 13.9 Å². The number of rotatable bonds is 4. The Hall–Kier alpha value is -1.58. The molecule has 4 heteroatoms. The zero-order valence-corrected chi connectivity index (χ0v) is 8.63. The van der Waals surface area contributed by atoms with Crippen LogP contribution >= 0.6 is 0 Å². The van der Waals surface area contributed by atoms with Gasteiger partial charge in [0.1, 0.15) is 5.82 Å². The lowest BCUT2D eigenvalue weighted by Gasteiger charge is -2.05. The summed E-state index contributed by atoms with van der Waals surface area (Å²) in [6, 6.07) is 4.58. The van der Waals surface area contributed by atoms with Crippen molar-refractivity contribution in [1.82, 2.24) is 0 Å². The zero-order valence-electron chi connectivity index (χ0n) is 8.63. The Morgan fingerprint density at radius 3 is 2.93 bits per heavy atom. The number of hydrogen-bond donors (Lipinski definition) is 1. The summed E-state index contributed by atoms with van der Waals surface area (Å²) < 4.78 is 17.8. The Bertz CT molecular complexity index is 352. The van der Waals surface area contributed by atoms with E-state index in [9.17, 15) is 9.18 Å². The van der Waals surface area contributed by atoms with Crippen LogP contribution in [0.25, 0.3) is 0 Å². The molecule has 3 nitrogen and oxygen atoms in total. The molecule has 0 atom stereocenters. The summed E-state index contributed by atoms with van der Waals surface area (Å²) in [7, 11) is 0. The van der Waals surface area contributed by atoms with Crippen LogP contribution in [0.5, 0.6) is 0 Å². The average Bonchev–Trinajstić information content (AvgIpc) is 2.21. The summed E-state index contributed by atoms with van der Waals surface area (Å²) in [5, 5.41) is 0. The number of esters is 1. The first kappa shape index (κ1) is 11.5. The lowest BCUT2D eigenvalue weighted by Crippen LogP contribution is -2.06. The second-order valence-electron chi connectivity index (χ2n) is 3.12. The van der Waals surface area contributed by atoms with Gasteiger partial charge >= 0.3 is 5.97 Å². The van der Waals surface area contributed by atoms with Gasteiger partial charge in [-0.25, -0.2) is 4.39 Å². The maximum Gasteiger partial charge on any atom is 0.306 e. The van der Waals surface area contributed by atoms with Crippen LogP contribution in [-0.4, -0.2) is 12.6 Å². The maximum atomic E-state index is 13.0. The minimum absolute atomic E-state index is 0.113. The highest BCUT2D eigenvalue weighted by Gasteiger charge is 2.07. The van der Waals surface area contributed by atoms with Gasteiger partial charge in [0.25, 0.3) is 0 Å². The van der Waals surface area contributed by atoms with E-state index in [1.807, 2.05) is 0 Å². The minimum Gasteiger partial charge on any atom is -0.466 e. The van der Waals surface area contributed by atoms with Crippen molar-refractivity contribution >= 4 is 11.7 Å². The lowest BCUT2D eigenvalue weighted by molar-refractivity contribution is -0.143. The van der Waals surface area contributed by atoms with Crippen LogP contribution in [0.2, 0.25) is 0 Å². The van der Waals surface area contributed by atoms with Crippen molar-refractivity contribution in [2.24, 2.45) is 0 Å². The fraction of sp³-hybridized carbons (Fsp3) is 0.364. The number of ether oxygens (including phenoxy) is 1. The van der Waals surface area contributed by atoms with Crippen LogP contribution in [0.1, 0.15) is 18.9 Å². The van der Waals surface area contributed by atoms with Crippen molar-refractivity contribution in [2.75, 3.05) is 12.3 Å². The fourth-order valence-electron chi connectivity index (χ4n) is 1.27. The standard InChI is InChI=1S/C11H14FNO2/c1-2-15-10(14)7-6-8-4-3-5-9(12)11(8)13/h3-5H,2,6-7,13H2,1H3. The third-order valence-electron chi connectivity index (χ3n) is 2.05. The molecule has 2 N–H and O–H groups in total. The van der Waals surface area contributed by atoms with Crippen LogP contribution in [0.4, 0.5) is 10.1 Å². The summed E-state index contributed by atoms with van der Waals surface area (Å²) >= 11 is 0. The number of anilines is 1. The molecule has 0 spiro atoms. The molecule has 0 radical (unpaired) electrons. The first-order valence-corrected chi connectivity index (χ1v) is 4.83. The number of nitrogens with two attached hydrogens (primary N) is 1. The van der Waals surface area contributed by atoms with Crippen LogP contribution in [0.15, 0.2) is 18.2 Å². The van der Waals surface area contributed by atoms with Crippen LogP contribution < -0.4 is 5.73 Å². The summed E-state index contributed by atoms with van der Waals surface area (Å²) in [6.07, 6.45) is 0.629. The number of hydrogen-bond acceptors (Lipinski definition) is 3. The number of aryl methyl sites for hydroxylation is 1. The second-order valence-corrected chi connectivity index (χ2v) is 3.12. The highest BCUT2D eigenvalue weighted by molar-refractivity contribution is 5.70. The van der Waals surface area contributed by atoms with Crippen LogP contribution in [-0.2, 0) is 16.0 Å². The van der Waals surface area contributed by atoms with E-state index in [0.717, 1.165) is 0 Å². The predicted octanol–water partition coefficient (Wildman–Crippen LogP) is 1.90. The molecule has 0 aliphatic rings. The van der Waals surface area contributed by atoms with Crippen molar-refractivity contribution in [3.63, 3.8) is 0 Å². The maximum absolute atomic E-state index is 13.0. The number of benzene rings is 1. The summed E-state index contributed by atoms with van der Waals surface area (Å²) in [5.41, 5.74) is 6.27. The molecule has 15 heavy (non-hydrogen) atoms. The predicted molar refractivity (Wildman–Crippen MR) is 55.8 cm³/mol. The molecule has 1 rings (SSSR count). The molecule has 0 saturated carbocycles. The molecule has 0 unspecified atom stereocenters. The fourth-order valence-corrected chi connectivity index (χ4v) is 1.27. The third kappa shape index (κ3) is 3.23. The van der Waals surface area contributed by atoms with Crippen LogP contribution in [0.3, 0.4) is 0 Å². The minimum atomic E-state index is -0.448. The number of carbonyl (C=O) groups excluding carboxylic acids is 1. The Labute approximate surface area is 88.0 Å². The molecule has 0 aliphatic carbocycles. The van der Waals surface area contributed by atoms with Gasteiger partial charge in [0.05, 0.1) is 12.3 Å². The van der Waals surface area contributed by atoms with E-state index in [1.54, 1.807) is 19.1 Å². The van der Waals surface area contributed by atoms with Crippen molar-refractivity contribution in [3.05, 3.63) is 29.6 Å². The van der Waals surface area contributed by atoms with E-state index in [0.29, 0.717) is 18.6 Å². The first-order chi connectivity index (χ1) is 7.15. The number of carbonyl (C=O) groups is 1. The molecule has 0 heterocycles. The van der Waals surface area contributed by atoms with Crippen LogP contribution in [0, 0.1) is 5.82 Å². The smallest absolute Gasteiger partial charge is 0.306 e. The molecule has 0 amide bonds. The van der Waals surface area contributed by atoms with Crippen molar-refractivity contribution in [3.8, 4) is 0 Å². The Morgan fingerprint density at radius 2 is 2.27 bits per heavy atom. The van der Waals surface area contributed by atoms with Crippen molar-refractivity contribution in [1.29, 1.82) is 0 Å². The Morgan fingerprint density at radius 1 is 1.53 bits per heavy atom. The van der Waals surface area contributed by atoms with Gasteiger partial charge in [-0.1, -0.05) is 12.1 Å². The average molecular weight is 211 g/mol. The number of halogens is 1. The molecule has 0 aromatic heterocycles. The van der Waals surface area contributed by atoms with Gasteiger partial charge in [-0.15, -0.1) is 0 Å². The highest BCUT2D eigenvalue weighted by Crippen LogP contribution is 2.17. The SMILES string of the molecule is CCOC(=O)CCc1cccc(F)c1N. The molecule has 1 aromatic rings. The first-order valence-electron chi connectivity index (χ1n) is 4.83. The highest BCUT2D eigenvalue weighted by atomic mass is 19.1. The molecule has 82 valence electrons. The van der Waals surface area contributed by atoms with Gasteiger partial charge in [0, 0.05) is 6.42 Å². The Kier molecular flexibility index (Phi) is 4.09. The zero-order chi connectivity index (χ0) is 11.3. The van der Waals surface area contributed by atoms with E-state index in [-0.39, 0.29) is 18.1 Å². The third-order valence-corrected chi connectivity index (χ3v) is 2.05. The molecule has 0 bridgehead atoms. The van der Waals surface area contributed by atoms with E-state index < -0.39 is 5.82 Å². The molecule has 0 saturated heterocycles. The van der Waals surface area contributed by atoms with Gasteiger partial charge in [-0.05, 0) is 25.0 Å². The summed E-state index contributed by atoms with van der Waals surface area (Å²) in [4.78, 5) is 11.1. The van der Waals surface area contributed by atoms with E-state index in [4.69, 9.17) is 10.5 Å². The van der Waals surface area contributed by atoms with E-state index in [1.165, 1.54) is 6.07 Å². The number of para-hydroxylation sites is 1. The van der Waals surface area contributed by atoms with Gasteiger partial charge in [0.15, 0.2) is 0 Å².